The summed E-state index contributed by atoms with van der Waals surface area (Å²) in [5.41, 5.74) is -0.975. The van der Waals surface area contributed by atoms with E-state index in [1.807, 2.05) is 0 Å². The lowest BCUT2D eigenvalue weighted by atomic mass is 9.91. The Morgan fingerprint density at radius 3 is 2.63 bits per heavy atom. The van der Waals surface area contributed by atoms with Gasteiger partial charge < -0.3 is 5.32 Å². The molecule has 1 heterocycles. The number of carbonyl (C=O) groups excluding carboxylic acids is 1. The molecule has 0 unspecified atom stereocenters. The maximum atomic E-state index is 13.4. The average molecular weight is 261 g/mol. The van der Waals surface area contributed by atoms with Crippen molar-refractivity contribution in [1.82, 2.24) is 10.3 Å². The number of nitrogens with zero attached hydrogens (tertiary/aromatic N) is 2. The Hall–Kier alpha value is -1.96. The van der Waals surface area contributed by atoms with Gasteiger partial charge >= 0.3 is 0 Å². The summed E-state index contributed by atoms with van der Waals surface area (Å²) < 4.78 is 13.4. The first-order valence-electron chi connectivity index (χ1n) is 6.51. The minimum Gasteiger partial charge on any atom is -0.334 e. The zero-order chi connectivity index (χ0) is 13.7. The second-order valence-corrected chi connectivity index (χ2v) is 4.90. The van der Waals surface area contributed by atoms with Gasteiger partial charge in [-0.05, 0) is 25.0 Å². The van der Waals surface area contributed by atoms with E-state index in [1.165, 1.54) is 18.3 Å². The Bertz CT molecular complexity index is 502. The molecule has 0 atom stereocenters. The van der Waals surface area contributed by atoms with Crippen LogP contribution in [0.4, 0.5) is 4.39 Å². The minimum absolute atomic E-state index is 0.110. The fraction of sp³-hybridized carbons (Fsp3) is 0.500. The summed E-state index contributed by atoms with van der Waals surface area (Å²) in [6.45, 7) is 0. The molecule has 1 N–H and O–H groups in total. The number of pyridine rings is 1. The molecule has 100 valence electrons. The first-order chi connectivity index (χ1) is 9.17. The normalized spacial score (nSPS) is 18.1. The molecule has 1 aromatic rings. The molecule has 0 saturated heterocycles. The van der Waals surface area contributed by atoms with Crippen LogP contribution < -0.4 is 5.32 Å². The van der Waals surface area contributed by atoms with Crippen LogP contribution in [0.3, 0.4) is 0 Å². The number of aromatic nitrogens is 1. The fourth-order valence-corrected chi connectivity index (χ4v) is 2.44. The fourth-order valence-electron chi connectivity index (χ4n) is 2.44. The van der Waals surface area contributed by atoms with Crippen LogP contribution >= 0.6 is 0 Å². The molecular formula is C14H16FN3O. The first-order valence-corrected chi connectivity index (χ1v) is 6.51. The van der Waals surface area contributed by atoms with E-state index in [9.17, 15) is 14.4 Å². The summed E-state index contributed by atoms with van der Waals surface area (Å²) in [5, 5.41) is 12.1. The monoisotopic (exact) mass is 261 g/mol. The third kappa shape index (κ3) is 3.08. The van der Waals surface area contributed by atoms with E-state index in [0.717, 1.165) is 25.7 Å². The van der Waals surface area contributed by atoms with Crippen molar-refractivity contribution in [2.75, 3.05) is 0 Å². The van der Waals surface area contributed by atoms with E-state index in [0.29, 0.717) is 12.8 Å². The van der Waals surface area contributed by atoms with E-state index in [-0.39, 0.29) is 5.56 Å². The highest BCUT2D eigenvalue weighted by Gasteiger charge is 2.33. The molecule has 0 radical (unpaired) electrons. The molecule has 0 bridgehead atoms. The maximum absolute atomic E-state index is 13.4. The van der Waals surface area contributed by atoms with Crippen molar-refractivity contribution in [3.8, 4) is 6.07 Å². The van der Waals surface area contributed by atoms with Gasteiger partial charge in [0.1, 0.15) is 5.54 Å². The Labute approximate surface area is 111 Å². The highest BCUT2D eigenvalue weighted by Crippen LogP contribution is 2.27. The second kappa shape index (κ2) is 5.79. The van der Waals surface area contributed by atoms with E-state index in [4.69, 9.17) is 0 Å². The van der Waals surface area contributed by atoms with Crippen LogP contribution in [0.1, 0.15) is 48.9 Å². The van der Waals surface area contributed by atoms with Crippen molar-refractivity contribution >= 4 is 5.91 Å². The van der Waals surface area contributed by atoms with Gasteiger partial charge in [-0.3, -0.25) is 4.79 Å². The van der Waals surface area contributed by atoms with Crippen molar-refractivity contribution < 1.29 is 9.18 Å². The predicted octanol–water partition coefficient (Wildman–Crippen LogP) is 2.57. The first kappa shape index (κ1) is 13.5. The van der Waals surface area contributed by atoms with Crippen LogP contribution in [0.25, 0.3) is 0 Å². The molecule has 1 aliphatic carbocycles. The zero-order valence-electron chi connectivity index (χ0n) is 10.7. The van der Waals surface area contributed by atoms with E-state index >= 15 is 0 Å². The summed E-state index contributed by atoms with van der Waals surface area (Å²) in [6, 6.07) is 5.08. The van der Waals surface area contributed by atoms with Gasteiger partial charge in [0.05, 0.1) is 11.6 Å². The largest absolute Gasteiger partial charge is 0.334 e. The summed E-state index contributed by atoms with van der Waals surface area (Å²) in [7, 11) is 0. The van der Waals surface area contributed by atoms with Gasteiger partial charge in [-0.15, -0.1) is 0 Å². The average Bonchev–Trinajstić information content (AvgIpc) is 2.65. The van der Waals surface area contributed by atoms with Crippen molar-refractivity contribution in [2.45, 2.75) is 44.1 Å². The van der Waals surface area contributed by atoms with Crippen LogP contribution in [0.2, 0.25) is 0 Å². The van der Waals surface area contributed by atoms with Crippen molar-refractivity contribution in [2.24, 2.45) is 0 Å². The van der Waals surface area contributed by atoms with Gasteiger partial charge in [0.15, 0.2) is 0 Å². The molecule has 4 nitrogen and oxygen atoms in total. The Morgan fingerprint density at radius 2 is 2.05 bits per heavy atom. The highest BCUT2D eigenvalue weighted by atomic mass is 19.1. The maximum Gasteiger partial charge on any atom is 0.257 e. The van der Waals surface area contributed by atoms with Crippen LogP contribution in [0.15, 0.2) is 18.3 Å². The number of carbonyl (C=O) groups is 1. The van der Waals surface area contributed by atoms with Gasteiger partial charge in [0.2, 0.25) is 5.95 Å². The molecule has 19 heavy (non-hydrogen) atoms. The van der Waals surface area contributed by atoms with Crippen molar-refractivity contribution in [1.29, 1.82) is 5.26 Å². The van der Waals surface area contributed by atoms with Crippen LogP contribution in [0, 0.1) is 17.3 Å². The standard InChI is InChI=1S/C14H16FN3O/c15-12-11(6-5-9-17-12)13(19)18-14(10-16)7-3-1-2-4-8-14/h5-6,9H,1-4,7-8H2,(H,18,19). The van der Waals surface area contributed by atoms with Crippen molar-refractivity contribution in [3.63, 3.8) is 0 Å². The molecule has 1 saturated carbocycles. The molecule has 1 fully saturated rings. The summed E-state index contributed by atoms with van der Waals surface area (Å²) in [5.74, 6) is -1.37. The second-order valence-electron chi connectivity index (χ2n) is 4.90. The molecule has 0 aromatic carbocycles. The Balaban J connectivity index is 2.17. The topological polar surface area (TPSA) is 65.8 Å². The lowest BCUT2D eigenvalue weighted by Gasteiger charge is -2.26. The molecule has 1 aromatic heterocycles. The van der Waals surface area contributed by atoms with E-state index in [1.54, 1.807) is 0 Å². The van der Waals surface area contributed by atoms with E-state index < -0.39 is 17.4 Å². The highest BCUT2D eigenvalue weighted by molar-refractivity contribution is 5.94. The third-order valence-corrected chi connectivity index (χ3v) is 3.53. The summed E-state index contributed by atoms with van der Waals surface area (Å²) in [6.07, 6.45) is 6.49. The van der Waals surface area contributed by atoms with Gasteiger partial charge in [-0.25, -0.2) is 4.98 Å². The quantitative estimate of drug-likeness (QED) is 0.657. The number of nitriles is 1. The molecule has 0 spiro atoms. The van der Waals surface area contributed by atoms with Crippen LogP contribution in [-0.2, 0) is 0 Å². The van der Waals surface area contributed by atoms with Gasteiger partial charge in [0, 0.05) is 6.20 Å². The van der Waals surface area contributed by atoms with E-state index in [2.05, 4.69) is 16.4 Å². The number of rotatable bonds is 2. The molecule has 2 rings (SSSR count). The summed E-state index contributed by atoms with van der Waals surface area (Å²) in [4.78, 5) is 15.5. The lowest BCUT2D eigenvalue weighted by molar-refractivity contribution is 0.0908. The number of amides is 1. The zero-order valence-corrected chi connectivity index (χ0v) is 10.7. The van der Waals surface area contributed by atoms with Crippen molar-refractivity contribution in [3.05, 3.63) is 29.8 Å². The minimum atomic E-state index is -0.865. The number of nitrogens with one attached hydrogen (secondary N) is 1. The number of halogens is 1. The predicted molar refractivity (Wildman–Crippen MR) is 67.7 cm³/mol. The third-order valence-electron chi connectivity index (χ3n) is 3.53. The Kier molecular flexibility index (Phi) is 4.10. The lowest BCUT2D eigenvalue weighted by Crippen LogP contribution is -2.47. The molecule has 1 amide bonds. The number of hydrogen-bond donors (Lipinski definition) is 1. The number of hydrogen-bond acceptors (Lipinski definition) is 3. The van der Waals surface area contributed by atoms with Crippen LogP contribution in [-0.4, -0.2) is 16.4 Å². The molecule has 0 aliphatic heterocycles. The van der Waals surface area contributed by atoms with Gasteiger partial charge in [-0.1, -0.05) is 25.7 Å². The van der Waals surface area contributed by atoms with Gasteiger partial charge in [0.25, 0.3) is 5.91 Å². The molecule has 1 aliphatic rings. The van der Waals surface area contributed by atoms with Crippen LogP contribution in [0.5, 0.6) is 0 Å². The summed E-state index contributed by atoms with van der Waals surface area (Å²) >= 11 is 0. The molecular weight excluding hydrogens is 245 g/mol. The molecule has 5 heteroatoms. The Morgan fingerprint density at radius 1 is 1.37 bits per heavy atom. The smallest absolute Gasteiger partial charge is 0.257 e. The SMILES string of the molecule is N#CC1(NC(=O)c2cccnc2F)CCCCCC1. The van der Waals surface area contributed by atoms with Gasteiger partial charge in [-0.2, -0.15) is 9.65 Å².